The average Bonchev–Trinajstić information content (AvgIpc) is 2.42. The Balaban J connectivity index is 2.29. The molecule has 0 radical (unpaired) electrons. The number of nitrogens with one attached hydrogen (secondary N) is 1. The van der Waals surface area contributed by atoms with Crippen molar-refractivity contribution in [2.24, 2.45) is 5.84 Å². The number of aryl methyl sites for hydroxylation is 1. The lowest BCUT2D eigenvalue weighted by Gasteiger charge is -2.08. The highest BCUT2D eigenvalue weighted by atomic mass is 19.1. The summed E-state index contributed by atoms with van der Waals surface area (Å²) in [5, 5.41) is 0. The molecule has 20 heavy (non-hydrogen) atoms. The Hall–Kier alpha value is -2.08. The molecule has 6 heteroatoms. The van der Waals surface area contributed by atoms with Crippen LogP contribution >= 0.6 is 0 Å². The molecule has 1 aromatic heterocycles. The van der Waals surface area contributed by atoms with Gasteiger partial charge < -0.3 is 5.43 Å². The number of nitrogens with two attached hydrogens (primary N) is 1. The monoisotopic (exact) mass is 278 g/mol. The second kappa shape index (κ2) is 6.38. The van der Waals surface area contributed by atoms with E-state index in [1.54, 1.807) is 6.07 Å². The summed E-state index contributed by atoms with van der Waals surface area (Å²) in [5.41, 5.74) is 3.66. The predicted octanol–water partition coefficient (Wildman–Crippen LogP) is 2.58. The molecule has 106 valence electrons. The first-order valence-corrected chi connectivity index (χ1v) is 6.39. The lowest BCUT2D eigenvalue weighted by atomic mass is 10.1. The number of anilines is 1. The summed E-state index contributed by atoms with van der Waals surface area (Å²) < 4.78 is 26.5. The van der Waals surface area contributed by atoms with Crippen molar-refractivity contribution in [1.82, 2.24) is 9.97 Å². The first-order chi connectivity index (χ1) is 9.62. The first-order valence-electron chi connectivity index (χ1n) is 6.39. The van der Waals surface area contributed by atoms with Crippen molar-refractivity contribution < 1.29 is 8.78 Å². The topological polar surface area (TPSA) is 63.8 Å². The third kappa shape index (κ3) is 3.48. The number of aromatic nitrogens is 2. The van der Waals surface area contributed by atoms with Crippen molar-refractivity contribution in [1.29, 1.82) is 0 Å². The molecule has 0 spiro atoms. The third-order valence-corrected chi connectivity index (χ3v) is 2.84. The van der Waals surface area contributed by atoms with Crippen molar-refractivity contribution >= 4 is 5.82 Å². The molecule has 0 aliphatic rings. The maximum atomic E-state index is 13.6. The average molecular weight is 278 g/mol. The van der Waals surface area contributed by atoms with E-state index in [4.69, 9.17) is 5.84 Å². The van der Waals surface area contributed by atoms with Gasteiger partial charge in [-0.2, -0.15) is 0 Å². The molecule has 0 aliphatic carbocycles. The van der Waals surface area contributed by atoms with Crippen molar-refractivity contribution in [3.05, 3.63) is 53.0 Å². The Kier molecular flexibility index (Phi) is 4.57. The zero-order valence-electron chi connectivity index (χ0n) is 11.2. The van der Waals surface area contributed by atoms with Crippen LogP contribution in [0, 0.1) is 11.6 Å². The Labute approximate surface area is 116 Å². The normalized spacial score (nSPS) is 10.6. The van der Waals surface area contributed by atoms with Gasteiger partial charge in [-0.3, -0.25) is 0 Å². The van der Waals surface area contributed by atoms with Gasteiger partial charge >= 0.3 is 0 Å². The zero-order chi connectivity index (χ0) is 14.5. The molecular weight excluding hydrogens is 262 g/mol. The number of hydrazine groups is 1. The van der Waals surface area contributed by atoms with E-state index >= 15 is 0 Å². The lowest BCUT2D eigenvalue weighted by molar-refractivity contribution is 0.573. The van der Waals surface area contributed by atoms with Crippen molar-refractivity contribution in [3.8, 4) is 0 Å². The molecule has 0 amide bonds. The highest BCUT2D eigenvalue weighted by Gasteiger charge is 2.09. The number of halogens is 2. The number of hydrogen-bond donors (Lipinski definition) is 2. The summed E-state index contributed by atoms with van der Waals surface area (Å²) in [7, 11) is 0. The fraction of sp³-hybridized carbons (Fsp3) is 0.286. The molecular formula is C14H16F2N4. The van der Waals surface area contributed by atoms with E-state index in [9.17, 15) is 8.78 Å². The number of rotatable bonds is 5. The highest BCUT2D eigenvalue weighted by molar-refractivity contribution is 5.35. The van der Waals surface area contributed by atoms with Gasteiger partial charge in [-0.25, -0.2) is 24.6 Å². The summed E-state index contributed by atoms with van der Waals surface area (Å²) in [6, 6.07) is 5.23. The van der Waals surface area contributed by atoms with Crippen LogP contribution in [0.15, 0.2) is 24.3 Å². The first kappa shape index (κ1) is 14.3. The summed E-state index contributed by atoms with van der Waals surface area (Å²) >= 11 is 0. The van der Waals surface area contributed by atoms with Gasteiger partial charge in [0, 0.05) is 24.2 Å². The van der Waals surface area contributed by atoms with E-state index in [1.165, 1.54) is 12.1 Å². The smallest absolute Gasteiger partial charge is 0.143 e. The largest absolute Gasteiger partial charge is 0.308 e. The number of benzene rings is 1. The maximum absolute atomic E-state index is 13.6. The number of nitrogen functional groups attached to an aromatic ring is 1. The van der Waals surface area contributed by atoms with Crippen LogP contribution in [0.2, 0.25) is 0 Å². The Morgan fingerprint density at radius 1 is 1.20 bits per heavy atom. The Morgan fingerprint density at radius 3 is 2.65 bits per heavy atom. The summed E-state index contributed by atoms with van der Waals surface area (Å²) in [6.07, 6.45) is 1.92. The molecule has 0 saturated carbocycles. The van der Waals surface area contributed by atoms with Gasteiger partial charge in [0.15, 0.2) is 0 Å². The maximum Gasteiger partial charge on any atom is 0.143 e. The quantitative estimate of drug-likeness (QED) is 0.652. The molecule has 2 aromatic rings. The molecule has 0 aliphatic heterocycles. The molecule has 1 heterocycles. The van der Waals surface area contributed by atoms with Crippen LogP contribution in [0.4, 0.5) is 14.6 Å². The zero-order valence-corrected chi connectivity index (χ0v) is 11.2. The van der Waals surface area contributed by atoms with Crippen LogP contribution in [0.25, 0.3) is 0 Å². The molecule has 4 nitrogen and oxygen atoms in total. The fourth-order valence-electron chi connectivity index (χ4n) is 1.92. The molecule has 2 rings (SSSR count). The third-order valence-electron chi connectivity index (χ3n) is 2.84. The predicted molar refractivity (Wildman–Crippen MR) is 73.0 cm³/mol. The van der Waals surface area contributed by atoms with Crippen LogP contribution in [0.5, 0.6) is 0 Å². The second-order valence-electron chi connectivity index (χ2n) is 4.47. The van der Waals surface area contributed by atoms with E-state index in [2.05, 4.69) is 15.4 Å². The molecule has 1 aromatic carbocycles. The molecule has 0 saturated heterocycles. The van der Waals surface area contributed by atoms with Gasteiger partial charge in [-0.1, -0.05) is 19.4 Å². The van der Waals surface area contributed by atoms with Crippen molar-refractivity contribution in [2.75, 3.05) is 5.43 Å². The van der Waals surface area contributed by atoms with E-state index in [1.807, 2.05) is 6.92 Å². The fourth-order valence-corrected chi connectivity index (χ4v) is 1.92. The molecule has 0 atom stereocenters. The van der Waals surface area contributed by atoms with Crippen molar-refractivity contribution in [3.63, 3.8) is 0 Å². The molecule has 0 unspecified atom stereocenters. The number of nitrogens with zero attached hydrogens (tertiary/aromatic N) is 2. The molecule has 3 N–H and O–H groups in total. The van der Waals surface area contributed by atoms with Crippen LogP contribution < -0.4 is 11.3 Å². The highest BCUT2D eigenvalue weighted by Crippen LogP contribution is 2.15. The van der Waals surface area contributed by atoms with Gasteiger partial charge in [-0.05, 0) is 18.1 Å². The van der Waals surface area contributed by atoms with E-state index in [-0.39, 0.29) is 6.42 Å². The number of hydrogen-bond acceptors (Lipinski definition) is 4. The van der Waals surface area contributed by atoms with Crippen molar-refractivity contribution in [2.45, 2.75) is 26.2 Å². The van der Waals surface area contributed by atoms with E-state index < -0.39 is 11.6 Å². The minimum atomic E-state index is -0.601. The van der Waals surface area contributed by atoms with E-state index in [0.29, 0.717) is 17.2 Å². The van der Waals surface area contributed by atoms with Gasteiger partial charge in [0.2, 0.25) is 0 Å². The SMILES string of the molecule is CCCc1cc(NN)nc(Cc2ccc(F)cc2F)n1. The Bertz CT molecular complexity index is 602. The van der Waals surface area contributed by atoms with Crippen LogP contribution in [0.3, 0.4) is 0 Å². The Morgan fingerprint density at radius 2 is 2.00 bits per heavy atom. The minimum absolute atomic E-state index is 0.193. The molecule has 0 bridgehead atoms. The van der Waals surface area contributed by atoms with Gasteiger partial charge in [-0.15, -0.1) is 0 Å². The van der Waals surface area contributed by atoms with Gasteiger partial charge in [0.1, 0.15) is 23.3 Å². The minimum Gasteiger partial charge on any atom is -0.308 e. The van der Waals surface area contributed by atoms with Crippen LogP contribution in [-0.4, -0.2) is 9.97 Å². The summed E-state index contributed by atoms with van der Waals surface area (Å²) in [6.45, 7) is 2.04. The standard InChI is InChI=1S/C14H16F2N4/c1-2-3-11-8-14(20-17)19-13(18-11)6-9-4-5-10(15)7-12(9)16/h4-5,7-8H,2-3,6,17H2,1H3,(H,18,19,20). The van der Waals surface area contributed by atoms with E-state index in [0.717, 1.165) is 24.6 Å². The molecule has 0 fully saturated rings. The van der Waals surface area contributed by atoms with Crippen LogP contribution in [0.1, 0.15) is 30.4 Å². The van der Waals surface area contributed by atoms with Gasteiger partial charge in [0.05, 0.1) is 0 Å². The lowest BCUT2D eigenvalue weighted by Crippen LogP contribution is -2.12. The van der Waals surface area contributed by atoms with Gasteiger partial charge in [0.25, 0.3) is 0 Å². The summed E-state index contributed by atoms with van der Waals surface area (Å²) in [5.74, 6) is 5.10. The van der Waals surface area contributed by atoms with Crippen LogP contribution in [-0.2, 0) is 12.8 Å². The second-order valence-corrected chi connectivity index (χ2v) is 4.47. The summed E-state index contributed by atoms with van der Waals surface area (Å²) in [4.78, 5) is 8.55.